The number of rotatable bonds is 3. The molecule has 0 fully saturated rings. The lowest BCUT2D eigenvalue weighted by Crippen LogP contribution is -2.27. The second kappa shape index (κ2) is 4.87. The first-order chi connectivity index (χ1) is 8.44. The van der Waals surface area contributed by atoms with Gasteiger partial charge >= 0.3 is 0 Å². The van der Waals surface area contributed by atoms with Gasteiger partial charge in [0.15, 0.2) is 0 Å². The minimum absolute atomic E-state index is 0.0640. The molecule has 0 saturated carbocycles. The van der Waals surface area contributed by atoms with Crippen LogP contribution in [0, 0.1) is 13.8 Å². The van der Waals surface area contributed by atoms with Crippen LogP contribution in [-0.4, -0.2) is 6.54 Å². The zero-order valence-electron chi connectivity index (χ0n) is 11.6. The van der Waals surface area contributed by atoms with Gasteiger partial charge in [-0.15, -0.1) is 11.3 Å². The molecule has 1 aromatic carbocycles. The minimum Gasteiger partial charge on any atom is -0.330 e. The van der Waals surface area contributed by atoms with Crippen LogP contribution in [0.5, 0.6) is 0 Å². The first-order valence-electron chi connectivity index (χ1n) is 6.31. The van der Waals surface area contributed by atoms with Gasteiger partial charge in [-0.1, -0.05) is 32.0 Å². The summed E-state index contributed by atoms with van der Waals surface area (Å²) in [5.74, 6) is 0. The van der Waals surface area contributed by atoms with E-state index in [-0.39, 0.29) is 5.41 Å². The van der Waals surface area contributed by atoms with Gasteiger partial charge in [-0.2, -0.15) is 0 Å². The third kappa shape index (κ3) is 2.50. The van der Waals surface area contributed by atoms with E-state index in [2.05, 4.69) is 57.3 Å². The highest BCUT2D eigenvalue weighted by molar-refractivity contribution is 7.13. The average molecular weight is 259 g/mol. The summed E-state index contributed by atoms with van der Waals surface area (Å²) in [4.78, 5) is 1.33. The monoisotopic (exact) mass is 259 g/mol. The van der Waals surface area contributed by atoms with Crippen LogP contribution in [0.1, 0.15) is 30.5 Å². The molecule has 2 rings (SSSR count). The van der Waals surface area contributed by atoms with E-state index >= 15 is 0 Å². The number of aryl methyl sites for hydroxylation is 2. The molecule has 0 unspecified atom stereocenters. The van der Waals surface area contributed by atoms with E-state index in [1.54, 1.807) is 11.3 Å². The molecule has 2 heteroatoms. The highest BCUT2D eigenvalue weighted by Crippen LogP contribution is 2.33. The fraction of sp³-hybridized carbons (Fsp3) is 0.375. The number of benzene rings is 1. The zero-order chi connectivity index (χ0) is 13.3. The Morgan fingerprint density at radius 1 is 1.11 bits per heavy atom. The third-order valence-electron chi connectivity index (χ3n) is 3.68. The Labute approximate surface area is 114 Å². The Balaban J connectivity index is 2.38. The molecule has 0 saturated heterocycles. The summed E-state index contributed by atoms with van der Waals surface area (Å²) < 4.78 is 0. The van der Waals surface area contributed by atoms with Crippen LogP contribution in [-0.2, 0) is 5.41 Å². The average Bonchev–Trinajstić information content (AvgIpc) is 2.83. The van der Waals surface area contributed by atoms with E-state index in [1.807, 2.05) is 0 Å². The maximum Gasteiger partial charge on any atom is 0.0345 e. The number of hydrogen-bond donors (Lipinski definition) is 1. The first kappa shape index (κ1) is 13.3. The lowest BCUT2D eigenvalue weighted by molar-refractivity contribution is 0.541. The molecule has 1 heterocycles. The van der Waals surface area contributed by atoms with Crippen molar-refractivity contribution in [1.82, 2.24) is 0 Å². The van der Waals surface area contributed by atoms with Gasteiger partial charge in [-0.05, 0) is 47.5 Å². The lowest BCUT2D eigenvalue weighted by atomic mass is 9.86. The third-order valence-corrected chi connectivity index (χ3v) is 4.66. The summed E-state index contributed by atoms with van der Waals surface area (Å²) in [5, 5.41) is 2.23. The summed E-state index contributed by atoms with van der Waals surface area (Å²) in [7, 11) is 0. The molecule has 0 amide bonds. The molecule has 1 aromatic heterocycles. The van der Waals surface area contributed by atoms with Gasteiger partial charge in [0.1, 0.15) is 0 Å². The van der Waals surface area contributed by atoms with E-state index in [4.69, 9.17) is 5.73 Å². The van der Waals surface area contributed by atoms with Gasteiger partial charge < -0.3 is 5.73 Å². The SMILES string of the molecule is Cc1ccc(-c2cc(C(C)(C)CN)cs2)cc1C. The largest absolute Gasteiger partial charge is 0.330 e. The smallest absolute Gasteiger partial charge is 0.0345 e. The van der Waals surface area contributed by atoms with Crippen LogP contribution in [0.25, 0.3) is 10.4 Å². The molecule has 0 radical (unpaired) electrons. The minimum atomic E-state index is 0.0640. The zero-order valence-corrected chi connectivity index (χ0v) is 12.4. The van der Waals surface area contributed by atoms with Crippen LogP contribution in [0.3, 0.4) is 0 Å². The summed E-state index contributed by atoms with van der Waals surface area (Å²) in [6.07, 6.45) is 0. The van der Waals surface area contributed by atoms with Crippen molar-refractivity contribution in [3.05, 3.63) is 46.3 Å². The Hall–Kier alpha value is -1.12. The summed E-state index contributed by atoms with van der Waals surface area (Å²) >= 11 is 1.80. The summed E-state index contributed by atoms with van der Waals surface area (Å²) in [6, 6.07) is 8.94. The van der Waals surface area contributed by atoms with E-state index in [1.165, 1.54) is 27.1 Å². The van der Waals surface area contributed by atoms with E-state index in [0.717, 1.165) is 0 Å². The van der Waals surface area contributed by atoms with Crippen LogP contribution in [0.15, 0.2) is 29.6 Å². The van der Waals surface area contributed by atoms with Gasteiger partial charge in [-0.3, -0.25) is 0 Å². The Bertz CT molecular complexity index is 552. The van der Waals surface area contributed by atoms with Gasteiger partial charge in [0, 0.05) is 16.8 Å². The molecular formula is C16H21NS. The van der Waals surface area contributed by atoms with Crippen molar-refractivity contribution in [2.75, 3.05) is 6.54 Å². The van der Waals surface area contributed by atoms with Crippen molar-refractivity contribution >= 4 is 11.3 Å². The maximum atomic E-state index is 5.83. The Morgan fingerprint density at radius 3 is 2.44 bits per heavy atom. The highest BCUT2D eigenvalue weighted by Gasteiger charge is 2.20. The van der Waals surface area contributed by atoms with Crippen molar-refractivity contribution in [3.63, 3.8) is 0 Å². The van der Waals surface area contributed by atoms with Gasteiger partial charge in [0.2, 0.25) is 0 Å². The molecule has 2 N–H and O–H groups in total. The van der Waals surface area contributed by atoms with E-state index in [0.29, 0.717) is 6.54 Å². The highest BCUT2D eigenvalue weighted by atomic mass is 32.1. The van der Waals surface area contributed by atoms with Crippen LogP contribution in [0.4, 0.5) is 0 Å². The Kier molecular flexibility index (Phi) is 3.60. The Morgan fingerprint density at radius 2 is 1.83 bits per heavy atom. The second-order valence-electron chi connectivity index (χ2n) is 5.59. The second-order valence-corrected chi connectivity index (χ2v) is 6.50. The maximum absolute atomic E-state index is 5.83. The molecule has 0 atom stereocenters. The summed E-state index contributed by atoms with van der Waals surface area (Å²) in [5.41, 5.74) is 11.2. The molecule has 0 spiro atoms. The molecule has 2 aromatic rings. The molecule has 18 heavy (non-hydrogen) atoms. The first-order valence-corrected chi connectivity index (χ1v) is 7.19. The van der Waals surface area contributed by atoms with Crippen LogP contribution >= 0.6 is 11.3 Å². The molecular weight excluding hydrogens is 238 g/mol. The van der Waals surface area contributed by atoms with Crippen molar-refractivity contribution in [2.45, 2.75) is 33.1 Å². The number of thiophene rings is 1. The number of nitrogens with two attached hydrogens (primary N) is 1. The normalized spacial score (nSPS) is 11.8. The predicted octanol–water partition coefficient (Wildman–Crippen LogP) is 4.27. The molecule has 0 aliphatic rings. The van der Waals surface area contributed by atoms with Gasteiger partial charge in [-0.25, -0.2) is 0 Å². The summed E-state index contributed by atoms with van der Waals surface area (Å²) in [6.45, 7) is 9.38. The standard InChI is InChI=1S/C16H21NS/c1-11-5-6-13(7-12(11)2)15-8-14(9-18-15)16(3,4)10-17/h5-9H,10,17H2,1-4H3. The topological polar surface area (TPSA) is 26.0 Å². The van der Waals surface area contributed by atoms with Crippen molar-refractivity contribution in [1.29, 1.82) is 0 Å². The van der Waals surface area contributed by atoms with Crippen molar-refractivity contribution < 1.29 is 0 Å². The fourth-order valence-corrected chi connectivity index (χ4v) is 2.95. The van der Waals surface area contributed by atoms with E-state index in [9.17, 15) is 0 Å². The fourth-order valence-electron chi connectivity index (χ4n) is 1.86. The van der Waals surface area contributed by atoms with E-state index < -0.39 is 0 Å². The molecule has 96 valence electrons. The molecule has 1 nitrogen and oxygen atoms in total. The quantitative estimate of drug-likeness (QED) is 0.875. The molecule has 0 aliphatic heterocycles. The molecule has 0 bridgehead atoms. The predicted molar refractivity (Wildman–Crippen MR) is 81.3 cm³/mol. The van der Waals surface area contributed by atoms with Gasteiger partial charge in [0.05, 0.1) is 0 Å². The van der Waals surface area contributed by atoms with Crippen LogP contribution in [0.2, 0.25) is 0 Å². The lowest BCUT2D eigenvalue weighted by Gasteiger charge is -2.20. The van der Waals surface area contributed by atoms with Crippen molar-refractivity contribution in [3.8, 4) is 10.4 Å². The molecule has 0 aliphatic carbocycles. The number of hydrogen-bond acceptors (Lipinski definition) is 2. The van der Waals surface area contributed by atoms with Crippen LogP contribution < -0.4 is 5.73 Å². The van der Waals surface area contributed by atoms with Crippen molar-refractivity contribution in [2.24, 2.45) is 5.73 Å². The van der Waals surface area contributed by atoms with Gasteiger partial charge in [0.25, 0.3) is 0 Å².